The first-order valence-electron chi connectivity index (χ1n) is 8.29. The third-order valence-electron chi connectivity index (χ3n) is 3.88. The molecule has 0 radical (unpaired) electrons. The lowest BCUT2D eigenvalue weighted by Crippen LogP contribution is -2.55. The zero-order valence-corrected chi connectivity index (χ0v) is 15.5. The Labute approximate surface area is 153 Å². The number of halogens is 4. The summed E-state index contributed by atoms with van der Waals surface area (Å²) in [6.07, 6.45) is -1.47. The predicted molar refractivity (Wildman–Crippen MR) is 86.2 cm³/mol. The van der Waals surface area contributed by atoms with E-state index in [1.165, 1.54) is 7.05 Å². The normalized spacial score (nSPS) is 21.1. The van der Waals surface area contributed by atoms with Gasteiger partial charge in [0.15, 0.2) is 0 Å². The van der Waals surface area contributed by atoms with Crippen molar-refractivity contribution in [3.05, 3.63) is 18.0 Å². The van der Waals surface area contributed by atoms with Crippen molar-refractivity contribution in [1.82, 2.24) is 19.8 Å². The van der Waals surface area contributed by atoms with Gasteiger partial charge in [-0.05, 0) is 20.8 Å². The second kappa shape index (κ2) is 7.35. The number of likely N-dealkylation sites (tertiary alicyclic amines) is 1. The van der Waals surface area contributed by atoms with Gasteiger partial charge in [0.1, 0.15) is 11.8 Å². The molecule has 1 aromatic heterocycles. The van der Waals surface area contributed by atoms with Crippen molar-refractivity contribution >= 4 is 12.0 Å². The number of carbonyl (C=O) groups excluding carboxylic acids is 2. The van der Waals surface area contributed by atoms with Crippen molar-refractivity contribution in [3.8, 4) is 0 Å². The van der Waals surface area contributed by atoms with Crippen LogP contribution in [-0.2, 0) is 22.5 Å². The van der Waals surface area contributed by atoms with Crippen LogP contribution in [0.1, 0.15) is 32.8 Å². The highest BCUT2D eigenvalue weighted by atomic mass is 19.3. The van der Waals surface area contributed by atoms with Gasteiger partial charge in [-0.15, -0.1) is 0 Å². The molecule has 0 aliphatic carbocycles. The van der Waals surface area contributed by atoms with Crippen LogP contribution in [0.15, 0.2) is 12.4 Å². The molecule has 0 unspecified atom stereocenters. The smallest absolute Gasteiger partial charge is 0.410 e. The Bertz CT molecular complexity index is 704. The van der Waals surface area contributed by atoms with Gasteiger partial charge in [-0.25, -0.2) is 9.18 Å². The van der Waals surface area contributed by atoms with E-state index >= 15 is 0 Å². The van der Waals surface area contributed by atoms with Gasteiger partial charge in [0.2, 0.25) is 0 Å². The third-order valence-corrected chi connectivity index (χ3v) is 3.88. The van der Waals surface area contributed by atoms with Crippen LogP contribution in [0.3, 0.4) is 0 Å². The Balaban J connectivity index is 2.13. The molecule has 7 nitrogen and oxygen atoms in total. The molecule has 0 saturated carbocycles. The van der Waals surface area contributed by atoms with Gasteiger partial charge in [-0.2, -0.15) is 19.0 Å². The van der Waals surface area contributed by atoms with Crippen molar-refractivity contribution in [2.45, 2.75) is 50.9 Å². The summed E-state index contributed by atoms with van der Waals surface area (Å²) in [5.74, 6) is -6.32. The van der Waals surface area contributed by atoms with Crippen molar-refractivity contribution < 1.29 is 32.0 Å². The van der Waals surface area contributed by atoms with E-state index in [0.29, 0.717) is 0 Å². The minimum absolute atomic E-state index is 0.369. The van der Waals surface area contributed by atoms with Crippen LogP contribution < -0.4 is 0 Å². The van der Waals surface area contributed by atoms with E-state index in [4.69, 9.17) is 4.74 Å². The molecule has 0 spiro atoms. The van der Waals surface area contributed by atoms with Gasteiger partial charge >= 0.3 is 17.9 Å². The Kier molecular flexibility index (Phi) is 5.71. The molecule has 1 aliphatic heterocycles. The van der Waals surface area contributed by atoms with E-state index < -0.39 is 59.4 Å². The van der Waals surface area contributed by atoms with Crippen LogP contribution in [-0.4, -0.2) is 62.7 Å². The average Bonchev–Trinajstić information content (AvgIpc) is 2.98. The highest BCUT2D eigenvalue weighted by molar-refractivity contribution is 5.84. The van der Waals surface area contributed by atoms with Gasteiger partial charge in [0, 0.05) is 26.2 Å². The molecule has 2 rings (SSSR count). The van der Waals surface area contributed by atoms with Gasteiger partial charge in [0.25, 0.3) is 0 Å². The van der Waals surface area contributed by atoms with E-state index in [1.54, 1.807) is 20.8 Å². The lowest BCUT2D eigenvalue weighted by atomic mass is 10.0. The maximum Gasteiger partial charge on any atom is 0.410 e. The number of aromatic nitrogens is 2. The molecule has 1 saturated heterocycles. The first-order valence-corrected chi connectivity index (χ1v) is 8.29. The number of piperidine rings is 1. The zero-order chi connectivity index (χ0) is 20.6. The third kappa shape index (κ3) is 4.89. The molecule has 0 N–H and O–H groups in total. The van der Waals surface area contributed by atoms with Crippen molar-refractivity contribution in [2.24, 2.45) is 7.05 Å². The summed E-state index contributed by atoms with van der Waals surface area (Å²) in [6.45, 7) is 3.96. The fourth-order valence-corrected chi connectivity index (χ4v) is 2.66. The van der Waals surface area contributed by atoms with Crippen molar-refractivity contribution in [2.75, 3.05) is 13.1 Å². The van der Waals surface area contributed by atoms with E-state index in [0.717, 1.165) is 22.0 Å². The molecule has 0 bridgehead atoms. The first kappa shape index (κ1) is 21.0. The lowest BCUT2D eigenvalue weighted by molar-refractivity contribution is -0.184. The number of aryl methyl sites for hydroxylation is 1. The molecule has 0 aromatic carbocycles. The Morgan fingerprint density at radius 1 is 1.30 bits per heavy atom. The molecule has 2 heterocycles. The van der Waals surface area contributed by atoms with Crippen LogP contribution in [0, 0.1) is 0 Å². The SMILES string of the molecule is Cn1cc(C(F)(F)C(=O)N(F)[C@@H]2C[C@H](F)CN(C(=O)OC(C)(C)C)C2)cn1. The second-order valence-corrected chi connectivity index (χ2v) is 7.47. The van der Waals surface area contributed by atoms with Crippen LogP contribution in [0.25, 0.3) is 0 Å². The quantitative estimate of drug-likeness (QED) is 0.584. The van der Waals surface area contributed by atoms with Crippen LogP contribution >= 0.6 is 0 Å². The van der Waals surface area contributed by atoms with Crippen LogP contribution in [0.2, 0.25) is 0 Å². The molecular weight excluding hydrogens is 372 g/mol. The standard InChI is InChI=1S/C16H22F4N4O3/c1-15(2,3)27-14(26)23-8-11(17)5-12(9-23)24(20)13(25)16(18,19)10-6-21-22(4)7-10/h6-7,11-12H,5,8-9H2,1-4H3/t11-,12+/m0/s1. The predicted octanol–water partition coefficient (Wildman–Crippen LogP) is 2.57. The summed E-state index contributed by atoms with van der Waals surface area (Å²) in [6, 6.07) is -1.56. The molecule has 2 atom stereocenters. The van der Waals surface area contributed by atoms with Crippen molar-refractivity contribution in [1.29, 1.82) is 0 Å². The number of carbonyl (C=O) groups is 2. The monoisotopic (exact) mass is 394 g/mol. The largest absolute Gasteiger partial charge is 0.444 e. The van der Waals surface area contributed by atoms with Gasteiger partial charge in [-0.1, -0.05) is 4.48 Å². The van der Waals surface area contributed by atoms with Crippen LogP contribution in [0.4, 0.5) is 22.4 Å². The number of rotatable bonds is 3. The maximum absolute atomic E-state index is 14.4. The fourth-order valence-electron chi connectivity index (χ4n) is 2.66. The average molecular weight is 394 g/mol. The first-order chi connectivity index (χ1) is 12.3. The molecular formula is C16H22F4N4O3. The molecule has 1 fully saturated rings. The number of amides is 2. The Hall–Kier alpha value is -2.33. The summed E-state index contributed by atoms with van der Waals surface area (Å²) < 4.78 is 63.1. The number of alkyl halides is 3. The molecule has 1 aromatic rings. The summed E-state index contributed by atoms with van der Waals surface area (Å²) in [7, 11) is 1.37. The van der Waals surface area contributed by atoms with Crippen LogP contribution in [0.5, 0.6) is 0 Å². The molecule has 2 amide bonds. The second-order valence-electron chi connectivity index (χ2n) is 7.47. The molecule has 27 heavy (non-hydrogen) atoms. The molecule has 11 heteroatoms. The minimum atomic E-state index is -4.18. The van der Waals surface area contributed by atoms with E-state index in [-0.39, 0.29) is 6.54 Å². The maximum atomic E-state index is 14.4. The summed E-state index contributed by atoms with van der Waals surface area (Å²) in [5.41, 5.74) is -1.65. The zero-order valence-electron chi connectivity index (χ0n) is 15.5. The summed E-state index contributed by atoms with van der Waals surface area (Å²) in [5, 5.41) is 2.83. The highest BCUT2D eigenvalue weighted by Crippen LogP contribution is 2.32. The number of hydrogen-bond donors (Lipinski definition) is 0. The number of hydrogen-bond acceptors (Lipinski definition) is 4. The van der Waals surface area contributed by atoms with Gasteiger partial charge in [-0.3, -0.25) is 9.48 Å². The topological polar surface area (TPSA) is 67.7 Å². The van der Waals surface area contributed by atoms with E-state index in [2.05, 4.69) is 5.10 Å². The molecule has 152 valence electrons. The van der Waals surface area contributed by atoms with Gasteiger partial charge in [0.05, 0.1) is 24.3 Å². The Morgan fingerprint density at radius 3 is 2.44 bits per heavy atom. The lowest BCUT2D eigenvalue weighted by Gasteiger charge is -2.37. The Morgan fingerprint density at radius 2 is 1.93 bits per heavy atom. The number of ether oxygens (including phenoxy) is 1. The summed E-state index contributed by atoms with van der Waals surface area (Å²) >= 11 is 0. The highest BCUT2D eigenvalue weighted by Gasteiger charge is 2.49. The summed E-state index contributed by atoms with van der Waals surface area (Å²) in [4.78, 5) is 24.9. The molecule has 1 aliphatic rings. The minimum Gasteiger partial charge on any atom is -0.444 e. The van der Waals surface area contributed by atoms with Gasteiger partial charge < -0.3 is 9.64 Å². The van der Waals surface area contributed by atoms with Crippen molar-refractivity contribution in [3.63, 3.8) is 0 Å². The van der Waals surface area contributed by atoms with E-state index in [1.807, 2.05) is 0 Å². The van der Waals surface area contributed by atoms with E-state index in [9.17, 15) is 27.2 Å². The number of nitrogens with zero attached hydrogens (tertiary/aromatic N) is 4. The fraction of sp³-hybridized carbons (Fsp3) is 0.688.